The highest BCUT2D eigenvalue weighted by Crippen LogP contribution is 2.40. The molecule has 1 saturated carbocycles. The molecule has 1 aromatic heterocycles. The molecule has 2 aromatic rings. The predicted octanol–water partition coefficient (Wildman–Crippen LogP) is 4.17. The van der Waals surface area contributed by atoms with Crippen molar-refractivity contribution in [2.75, 3.05) is 13.1 Å². The van der Waals surface area contributed by atoms with Crippen LogP contribution in [0.25, 0.3) is 10.9 Å². The molecule has 4 nitrogen and oxygen atoms in total. The Hall–Kier alpha value is -1.65. The van der Waals surface area contributed by atoms with Gasteiger partial charge in [-0.15, -0.1) is 0 Å². The zero-order valence-electron chi connectivity index (χ0n) is 16.4. The number of aryl methyl sites for hydroxylation is 1. The van der Waals surface area contributed by atoms with E-state index in [1.807, 2.05) is 6.92 Å². The monoisotopic (exact) mass is 368 g/mol. The van der Waals surface area contributed by atoms with Crippen LogP contribution in [0.4, 0.5) is 0 Å². The minimum Gasteiger partial charge on any atom is -0.393 e. The first-order valence-corrected chi connectivity index (χ1v) is 10.7. The fourth-order valence-corrected chi connectivity index (χ4v) is 5.11. The minimum absolute atomic E-state index is 0.0339. The highest BCUT2D eigenvalue weighted by Gasteiger charge is 2.32. The molecule has 4 heteroatoms. The lowest BCUT2D eigenvalue weighted by Gasteiger charge is -2.42. The molecule has 1 atom stereocenters. The maximum atomic E-state index is 12.1. The van der Waals surface area contributed by atoms with E-state index >= 15 is 0 Å². The lowest BCUT2D eigenvalue weighted by molar-refractivity contribution is 0.0358. The lowest BCUT2D eigenvalue weighted by atomic mass is 9.79. The molecular formula is C23H32N2O2. The summed E-state index contributed by atoms with van der Waals surface area (Å²) in [5.41, 5.74) is 3.19. The third-order valence-corrected chi connectivity index (χ3v) is 6.66. The molecule has 4 rings (SSSR count). The van der Waals surface area contributed by atoms with Crippen LogP contribution >= 0.6 is 0 Å². The molecule has 1 saturated heterocycles. The first-order valence-electron chi connectivity index (χ1n) is 10.7. The van der Waals surface area contributed by atoms with E-state index in [9.17, 15) is 9.90 Å². The minimum atomic E-state index is -0.137. The van der Waals surface area contributed by atoms with Crippen LogP contribution < -0.4 is 5.56 Å². The van der Waals surface area contributed by atoms with Gasteiger partial charge in [0.1, 0.15) is 0 Å². The first kappa shape index (κ1) is 18.7. The van der Waals surface area contributed by atoms with Gasteiger partial charge in [0.25, 0.3) is 5.56 Å². The molecule has 2 N–H and O–H groups in total. The molecule has 1 unspecified atom stereocenters. The molecule has 1 aliphatic carbocycles. The van der Waals surface area contributed by atoms with Crippen LogP contribution in [-0.2, 0) is 6.42 Å². The number of fused-ring (bicyclic) bond motifs is 1. The van der Waals surface area contributed by atoms with E-state index in [2.05, 4.69) is 34.1 Å². The molecule has 0 spiro atoms. The number of nitrogens with zero attached hydrogens (tertiary/aromatic N) is 1. The summed E-state index contributed by atoms with van der Waals surface area (Å²) in [6, 6.07) is 9.10. The second-order valence-electron chi connectivity index (χ2n) is 8.43. The Morgan fingerprint density at radius 1 is 1.11 bits per heavy atom. The summed E-state index contributed by atoms with van der Waals surface area (Å²) in [6.45, 7) is 3.99. The predicted molar refractivity (Wildman–Crippen MR) is 110 cm³/mol. The summed E-state index contributed by atoms with van der Waals surface area (Å²) in [5, 5.41) is 11.1. The Labute approximate surface area is 161 Å². The van der Waals surface area contributed by atoms with Gasteiger partial charge in [0.15, 0.2) is 0 Å². The van der Waals surface area contributed by atoms with Gasteiger partial charge in [-0.25, -0.2) is 0 Å². The Balaban J connectivity index is 1.71. The second-order valence-corrected chi connectivity index (χ2v) is 8.43. The van der Waals surface area contributed by atoms with E-state index < -0.39 is 0 Å². The number of H-pyrrole nitrogens is 1. The first-order chi connectivity index (χ1) is 13.2. The van der Waals surface area contributed by atoms with Crippen molar-refractivity contribution in [3.63, 3.8) is 0 Å². The highest BCUT2D eigenvalue weighted by atomic mass is 16.3. The molecular weight excluding hydrogens is 336 g/mol. The van der Waals surface area contributed by atoms with Gasteiger partial charge in [0.2, 0.25) is 0 Å². The number of nitrogens with one attached hydrogen (secondary N) is 1. The van der Waals surface area contributed by atoms with E-state index in [1.165, 1.54) is 37.7 Å². The quantitative estimate of drug-likeness (QED) is 0.852. The molecule has 0 amide bonds. The molecule has 1 aromatic carbocycles. The number of likely N-dealkylation sites (tertiary alicyclic amines) is 1. The normalized spacial score (nSPS) is 21.6. The summed E-state index contributed by atoms with van der Waals surface area (Å²) in [7, 11) is 0. The SMILES string of the molecule is CCc1cc2cc(C(C3CCCCC3)N3CCC(O)CC3)ccc2[nH]c1=O. The van der Waals surface area contributed by atoms with E-state index in [1.54, 1.807) is 0 Å². The van der Waals surface area contributed by atoms with Crippen molar-refractivity contribution in [1.82, 2.24) is 9.88 Å². The molecule has 2 fully saturated rings. The van der Waals surface area contributed by atoms with E-state index in [0.717, 1.165) is 48.8 Å². The van der Waals surface area contributed by atoms with E-state index in [4.69, 9.17) is 0 Å². The highest BCUT2D eigenvalue weighted by molar-refractivity contribution is 5.79. The van der Waals surface area contributed by atoms with Gasteiger partial charge in [-0.05, 0) is 67.2 Å². The van der Waals surface area contributed by atoms with Gasteiger partial charge in [-0.3, -0.25) is 9.69 Å². The van der Waals surface area contributed by atoms with Crippen molar-refractivity contribution in [3.8, 4) is 0 Å². The smallest absolute Gasteiger partial charge is 0.251 e. The molecule has 0 radical (unpaired) electrons. The zero-order valence-corrected chi connectivity index (χ0v) is 16.4. The zero-order chi connectivity index (χ0) is 18.8. The van der Waals surface area contributed by atoms with E-state index in [-0.39, 0.29) is 11.7 Å². The van der Waals surface area contributed by atoms with Crippen LogP contribution in [-0.4, -0.2) is 34.2 Å². The summed E-state index contributed by atoms with van der Waals surface area (Å²) < 4.78 is 0. The maximum Gasteiger partial charge on any atom is 0.251 e. The van der Waals surface area contributed by atoms with Gasteiger partial charge < -0.3 is 10.1 Å². The summed E-state index contributed by atoms with van der Waals surface area (Å²) in [6.07, 6.45) is 9.00. The number of aromatic nitrogens is 1. The van der Waals surface area contributed by atoms with Crippen LogP contribution in [0.2, 0.25) is 0 Å². The molecule has 27 heavy (non-hydrogen) atoms. The van der Waals surface area contributed by atoms with Crippen LogP contribution in [0, 0.1) is 5.92 Å². The van der Waals surface area contributed by atoms with Crippen molar-refractivity contribution >= 4 is 10.9 Å². The van der Waals surface area contributed by atoms with E-state index in [0.29, 0.717) is 12.0 Å². The van der Waals surface area contributed by atoms with Crippen molar-refractivity contribution in [3.05, 3.63) is 45.7 Å². The number of hydrogen-bond donors (Lipinski definition) is 2. The Morgan fingerprint density at radius 3 is 2.56 bits per heavy atom. The number of piperidine rings is 1. The number of pyridine rings is 1. The third kappa shape index (κ3) is 3.97. The van der Waals surface area contributed by atoms with Gasteiger partial charge in [-0.1, -0.05) is 32.3 Å². The maximum absolute atomic E-state index is 12.1. The number of aromatic amines is 1. The van der Waals surface area contributed by atoms with Gasteiger partial charge in [0, 0.05) is 30.2 Å². The number of benzene rings is 1. The Kier molecular flexibility index (Phi) is 5.65. The average Bonchev–Trinajstić information content (AvgIpc) is 2.70. The summed E-state index contributed by atoms with van der Waals surface area (Å²) in [4.78, 5) is 17.8. The van der Waals surface area contributed by atoms with Crippen LogP contribution in [0.5, 0.6) is 0 Å². The van der Waals surface area contributed by atoms with Crippen molar-refractivity contribution in [2.24, 2.45) is 5.92 Å². The average molecular weight is 369 g/mol. The fourth-order valence-electron chi connectivity index (χ4n) is 5.11. The van der Waals surface area contributed by atoms with Crippen molar-refractivity contribution < 1.29 is 5.11 Å². The second kappa shape index (κ2) is 8.15. The molecule has 2 heterocycles. The molecule has 2 aliphatic rings. The number of hydrogen-bond acceptors (Lipinski definition) is 3. The van der Waals surface area contributed by atoms with Gasteiger partial charge >= 0.3 is 0 Å². The molecule has 0 bridgehead atoms. The number of rotatable bonds is 4. The Morgan fingerprint density at radius 2 is 1.85 bits per heavy atom. The standard InChI is InChI=1S/C23H32N2O2/c1-2-16-14-19-15-18(8-9-21(19)24-23(16)27)22(17-6-4-3-5-7-17)25-12-10-20(26)11-13-25/h8-9,14-15,17,20,22,26H,2-7,10-13H2,1H3,(H,24,27). The van der Waals surface area contributed by atoms with Crippen LogP contribution in [0.1, 0.15) is 69.0 Å². The number of aliphatic hydroxyl groups excluding tert-OH is 1. The number of aliphatic hydroxyl groups is 1. The Bertz CT molecular complexity index is 830. The summed E-state index contributed by atoms with van der Waals surface area (Å²) >= 11 is 0. The largest absolute Gasteiger partial charge is 0.393 e. The van der Waals surface area contributed by atoms with Gasteiger partial charge in [-0.2, -0.15) is 0 Å². The molecule has 146 valence electrons. The molecule has 1 aliphatic heterocycles. The fraction of sp³-hybridized carbons (Fsp3) is 0.609. The van der Waals surface area contributed by atoms with Crippen LogP contribution in [0.15, 0.2) is 29.1 Å². The summed E-state index contributed by atoms with van der Waals surface area (Å²) in [5.74, 6) is 0.694. The van der Waals surface area contributed by atoms with Crippen LogP contribution in [0.3, 0.4) is 0 Å². The lowest BCUT2D eigenvalue weighted by Crippen LogP contribution is -2.41. The topological polar surface area (TPSA) is 56.3 Å². The third-order valence-electron chi connectivity index (χ3n) is 6.66. The van der Waals surface area contributed by atoms with Gasteiger partial charge in [0.05, 0.1) is 6.10 Å². The van der Waals surface area contributed by atoms with Crippen molar-refractivity contribution in [1.29, 1.82) is 0 Å². The van der Waals surface area contributed by atoms with Crippen molar-refractivity contribution in [2.45, 2.75) is 70.4 Å².